The van der Waals surface area contributed by atoms with Crippen LogP contribution in [0.15, 0.2) is 24.3 Å². The van der Waals surface area contributed by atoms with E-state index in [2.05, 4.69) is 15.7 Å². The van der Waals surface area contributed by atoms with Crippen molar-refractivity contribution in [2.24, 2.45) is 5.73 Å². The number of fused-ring (bicyclic) bond motifs is 1. The molecule has 1 aromatic heterocycles. The fraction of sp³-hybridized carbons (Fsp3) is 0.353. The molecule has 0 fully saturated rings. The summed E-state index contributed by atoms with van der Waals surface area (Å²) in [5, 5.41) is 10.0. The van der Waals surface area contributed by atoms with Crippen LogP contribution in [-0.2, 0) is 11.3 Å². The number of aromatic nitrogens is 2. The molecule has 2 amide bonds. The van der Waals surface area contributed by atoms with Crippen molar-refractivity contribution >= 4 is 23.2 Å². The number of ether oxygens (including phenoxy) is 1. The first kappa shape index (κ1) is 17.6. The summed E-state index contributed by atoms with van der Waals surface area (Å²) in [4.78, 5) is 26.8. The molecule has 26 heavy (non-hydrogen) atoms. The molecule has 1 unspecified atom stereocenters. The van der Waals surface area contributed by atoms with Gasteiger partial charge in [-0.1, -0.05) is 6.07 Å². The molecule has 1 aliphatic rings. The molecule has 9 heteroatoms. The number of carbonyl (C=O) groups is 2. The summed E-state index contributed by atoms with van der Waals surface area (Å²) < 4.78 is 6.94. The van der Waals surface area contributed by atoms with Crippen LogP contribution in [0, 0.1) is 6.92 Å². The highest BCUT2D eigenvalue weighted by Crippen LogP contribution is 2.44. The van der Waals surface area contributed by atoms with Crippen LogP contribution in [-0.4, -0.2) is 41.5 Å². The highest BCUT2D eigenvalue weighted by Gasteiger charge is 2.50. The molecular weight excluding hydrogens is 336 g/mol. The van der Waals surface area contributed by atoms with Gasteiger partial charge in [-0.15, -0.1) is 0 Å². The van der Waals surface area contributed by atoms with Gasteiger partial charge in [-0.05, 0) is 32.0 Å². The van der Waals surface area contributed by atoms with E-state index in [4.69, 9.17) is 10.5 Å². The van der Waals surface area contributed by atoms with E-state index < -0.39 is 17.6 Å². The molecule has 138 valence electrons. The molecule has 4 N–H and O–H groups in total. The van der Waals surface area contributed by atoms with Crippen molar-refractivity contribution in [3.8, 4) is 5.75 Å². The van der Waals surface area contributed by atoms with Crippen LogP contribution in [0.25, 0.3) is 0 Å². The SMILES string of the molecule is CCn1nc(C)cc1C(=O)NC1(C(N)=O)Nc2cccc(OC)c2N1C. The number of hydrogen-bond acceptors (Lipinski definition) is 6. The van der Waals surface area contributed by atoms with Gasteiger partial charge in [0.2, 0.25) is 0 Å². The molecule has 0 bridgehead atoms. The summed E-state index contributed by atoms with van der Waals surface area (Å²) in [5.41, 5.74) is 8.00. The van der Waals surface area contributed by atoms with Crippen LogP contribution in [0.3, 0.4) is 0 Å². The maximum Gasteiger partial charge on any atom is 0.286 e. The molecule has 2 aromatic rings. The lowest BCUT2D eigenvalue weighted by Gasteiger charge is -2.35. The van der Waals surface area contributed by atoms with E-state index >= 15 is 0 Å². The van der Waals surface area contributed by atoms with Crippen LogP contribution in [0.4, 0.5) is 11.4 Å². The number of nitrogens with zero attached hydrogens (tertiary/aromatic N) is 3. The van der Waals surface area contributed by atoms with Crippen LogP contribution in [0.1, 0.15) is 23.1 Å². The van der Waals surface area contributed by atoms with Gasteiger partial charge in [0.05, 0.1) is 18.5 Å². The van der Waals surface area contributed by atoms with Crippen LogP contribution in [0.5, 0.6) is 5.75 Å². The summed E-state index contributed by atoms with van der Waals surface area (Å²) in [6.07, 6.45) is 0. The Hall–Kier alpha value is -3.23. The predicted molar refractivity (Wildman–Crippen MR) is 97.0 cm³/mol. The molecule has 0 spiro atoms. The van der Waals surface area contributed by atoms with E-state index in [0.717, 1.165) is 0 Å². The minimum atomic E-state index is -1.62. The van der Waals surface area contributed by atoms with E-state index in [1.165, 1.54) is 7.11 Å². The third kappa shape index (κ3) is 2.52. The fourth-order valence-electron chi connectivity index (χ4n) is 3.18. The molecule has 2 heterocycles. The van der Waals surface area contributed by atoms with Crippen molar-refractivity contribution in [1.82, 2.24) is 15.1 Å². The van der Waals surface area contributed by atoms with Crippen LogP contribution >= 0.6 is 0 Å². The van der Waals surface area contributed by atoms with E-state index in [-0.39, 0.29) is 0 Å². The van der Waals surface area contributed by atoms with Gasteiger partial charge in [0.25, 0.3) is 17.6 Å². The number of anilines is 2. The Morgan fingerprint density at radius 3 is 2.77 bits per heavy atom. The second-order valence-electron chi connectivity index (χ2n) is 6.06. The summed E-state index contributed by atoms with van der Waals surface area (Å²) in [6.45, 7) is 4.21. The molecule has 1 atom stereocenters. The van der Waals surface area contributed by atoms with Crippen molar-refractivity contribution in [3.63, 3.8) is 0 Å². The van der Waals surface area contributed by atoms with Crippen LogP contribution in [0.2, 0.25) is 0 Å². The number of likely N-dealkylation sites (N-methyl/N-ethyl adjacent to an activating group) is 1. The second-order valence-corrected chi connectivity index (χ2v) is 6.06. The number of hydrogen-bond donors (Lipinski definition) is 3. The first-order chi connectivity index (χ1) is 12.3. The molecule has 0 saturated carbocycles. The third-order valence-corrected chi connectivity index (χ3v) is 4.46. The van der Waals surface area contributed by atoms with Gasteiger partial charge in [0.1, 0.15) is 17.1 Å². The summed E-state index contributed by atoms with van der Waals surface area (Å²) in [6, 6.07) is 7.00. The Morgan fingerprint density at radius 1 is 1.42 bits per heavy atom. The molecule has 1 aromatic carbocycles. The lowest BCUT2D eigenvalue weighted by molar-refractivity contribution is -0.122. The van der Waals surface area contributed by atoms with Gasteiger partial charge in [0.15, 0.2) is 0 Å². The number of nitrogens with one attached hydrogen (secondary N) is 2. The molecule has 0 radical (unpaired) electrons. The number of rotatable bonds is 5. The zero-order valence-corrected chi connectivity index (χ0v) is 15.2. The third-order valence-electron chi connectivity index (χ3n) is 4.46. The Bertz CT molecular complexity index is 877. The van der Waals surface area contributed by atoms with Crippen molar-refractivity contribution < 1.29 is 14.3 Å². The lowest BCUT2D eigenvalue weighted by Crippen LogP contribution is -2.69. The highest BCUT2D eigenvalue weighted by atomic mass is 16.5. The number of carbonyl (C=O) groups excluding carboxylic acids is 2. The van der Waals surface area contributed by atoms with Gasteiger partial charge >= 0.3 is 0 Å². The van der Waals surface area contributed by atoms with E-state index in [0.29, 0.717) is 35.1 Å². The van der Waals surface area contributed by atoms with E-state index in [1.54, 1.807) is 47.8 Å². The maximum absolute atomic E-state index is 12.9. The molecule has 0 saturated heterocycles. The average Bonchev–Trinajstić information content (AvgIpc) is 3.13. The van der Waals surface area contributed by atoms with Crippen molar-refractivity contribution in [2.45, 2.75) is 26.2 Å². The van der Waals surface area contributed by atoms with Crippen molar-refractivity contribution in [2.75, 3.05) is 24.4 Å². The topological polar surface area (TPSA) is 115 Å². The molecule has 0 aliphatic carbocycles. The van der Waals surface area contributed by atoms with Gasteiger partial charge < -0.3 is 26.0 Å². The number of aryl methyl sites for hydroxylation is 2. The van der Waals surface area contributed by atoms with Gasteiger partial charge in [-0.3, -0.25) is 14.3 Å². The zero-order chi connectivity index (χ0) is 19.1. The smallest absolute Gasteiger partial charge is 0.286 e. The minimum Gasteiger partial charge on any atom is -0.494 e. The number of para-hydroxylation sites is 1. The average molecular weight is 358 g/mol. The number of nitrogens with two attached hydrogens (primary N) is 1. The first-order valence-corrected chi connectivity index (χ1v) is 8.20. The van der Waals surface area contributed by atoms with Crippen molar-refractivity contribution in [1.29, 1.82) is 0 Å². The maximum atomic E-state index is 12.9. The predicted octanol–water partition coefficient (Wildman–Crippen LogP) is 0.651. The van der Waals surface area contributed by atoms with E-state index in [9.17, 15) is 9.59 Å². The standard InChI is InChI=1S/C17H22N6O3/c1-5-23-12(9-10(2)21-23)15(24)20-17(16(18)25)19-11-7-6-8-13(26-4)14(11)22(17)3/h6-9,19H,5H2,1-4H3,(H2,18,25)(H,20,24). The highest BCUT2D eigenvalue weighted by molar-refractivity contribution is 6.04. The number of benzene rings is 1. The molecule has 9 nitrogen and oxygen atoms in total. The minimum absolute atomic E-state index is 0.351. The zero-order valence-electron chi connectivity index (χ0n) is 15.2. The Balaban J connectivity index is 2.00. The molecular formula is C17H22N6O3. The number of methoxy groups -OCH3 is 1. The van der Waals surface area contributed by atoms with Crippen molar-refractivity contribution in [3.05, 3.63) is 35.7 Å². The number of primary amides is 1. The Morgan fingerprint density at radius 2 is 2.15 bits per heavy atom. The van der Waals surface area contributed by atoms with E-state index in [1.807, 2.05) is 6.92 Å². The summed E-state index contributed by atoms with van der Waals surface area (Å²) in [7, 11) is 3.20. The fourth-order valence-corrected chi connectivity index (χ4v) is 3.18. The molecule has 1 aliphatic heterocycles. The van der Waals surface area contributed by atoms with Gasteiger partial charge in [-0.2, -0.15) is 5.10 Å². The molecule has 3 rings (SSSR count). The second kappa shape index (κ2) is 6.25. The number of amides is 2. The lowest BCUT2D eigenvalue weighted by atomic mass is 10.2. The Labute approximate surface area is 151 Å². The quantitative estimate of drug-likeness (QED) is 0.723. The van der Waals surface area contributed by atoms with Gasteiger partial charge in [-0.25, -0.2) is 0 Å². The first-order valence-electron chi connectivity index (χ1n) is 8.20. The van der Waals surface area contributed by atoms with Gasteiger partial charge in [0, 0.05) is 13.6 Å². The Kier molecular flexibility index (Phi) is 4.23. The van der Waals surface area contributed by atoms with Crippen LogP contribution < -0.4 is 26.0 Å². The summed E-state index contributed by atoms with van der Waals surface area (Å²) in [5.74, 6) is -2.27. The normalized spacial score (nSPS) is 18.2. The monoisotopic (exact) mass is 358 g/mol. The summed E-state index contributed by atoms with van der Waals surface area (Å²) >= 11 is 0. The largest absolute Gasteiger partial charge is 0.494 e.